The van der Waals surface area contributed by atoms with Gasteiger partial charge in [0.15, 0.2) is 17.4 Å². The number of aliphatic imine (C=N–C) groups is 2. The number of ether oxygens (including phenoxy) is 2. The van der Waals surface area contributed by atoms with Gasteiger partial charge in [0.2, 0.25) is 0 Å². The highest BCUT2D eigenvalue weighted by Crippen LogP contribution is 2.28. The summed E-state index contributed by atoms with van der Waals surface area (Å²) in [5, 5.41) is 8.80. The van der Waals surface area contributed by atoms with Gasteiger partial charge in [-0.2, -0.15) is 4.99 Å². The third-order valence-electron chi connectivity index (χ3n) is 2.95. The molecule has 0 aromatic heterocycles. The Labute approximate surface area is 120 Å². The maximum atomic E-state index is 11.6. The summed E-state index contributed by atoms with van der Waals surface area (Å²) in [7, 11) is 3.07. The largest absolute Gasteiger partial charge is 0.493 e. The fraction of sp³-hybridized carbons (Fsp3) is 0.286. The van der Waals surface area contributed by atoms with Crippen molar-refractivity contribution in [2.45, 2.75) is 6.42 Å². The third-order valence-corrected chi connectivity index (χ3v) is 2.95. The highest BCUT2D eigenvalue weighted by molar-refractivity contribution is 6.18. The molecule has 0 aliphatic carbocycles. The van der Waals surface area contributed by atoms with Gasteiger partial charge in [-0.1, -0.05) is 6.07 Å². The van der Waals surface area contributed by atoms with Crippen LogP contribution in [0, 0.1) is 5.92 Å². The van der Waals surface area contributed by atoms with Crippen LogP contribution in [0.25, 0.3) is 0 Å². The monoisotopic (exact) mass is 290 g/mol. The Morgan fingerprint density at radius 1 is 1.29 bits per heavy atom. The number of carbonyl (C=O) groups is 2. The van der Waals surface area contributed by atoms with E-state index >= 15 is 0 Å². The lowest BCUT2D eigenvalue weighted by molar-refractivity contribution is -0.142. The van der Waals surface area contributed by atoms with Gasteiger partial charge in [-0.05, 0) is 17.7 Å². The number of hydrogen-bond donors (Lipinski definition) is 1. The van der Waals surface area contributed by atoms with Crippen molar-refractivity contribution in [2.24, 2.45) is 15.9 Å². The van der Waals surface area contributed by atoms with E-state index < -0.39 is 17.8 Å². The van der Waals surface area contributed by atoms with Gasteiger partial charge in [-0.15, -0.1) is 0 Å². The Morgan fingerprint density at radius 2 is 2.00 bits per heavy atom. The zero-order chi connectivity index (χ0) is 15.4. The summed E-state index contributed by atoms with van der Waals surface area (Å²) in [5.74, 6) is -1.84. The Balaban J connectivity index is 2.16. The highest BCUT2D eigenvalue weighted by Gasteiger charge is 2.27. The Morgan fingerprint density at radius 3 is 2.57 bits per heavy atom. The van der Waals surface area contributed by atoms with Crippen LogP contribution in [0.15, 0.2) is 28.2 Å². The number of rotatable bonds is 5. The van der Waals surface area contributed by atoms with Gasteiger partial charge in [0, 0.05) is 12.6 Å². The first-order chi connectivity index (χ1) is 10.0. The van der Waals surface area contributed by atoms with Crippen LogP contribution in [-0.2, 0) is 16.0 Å². The number of carboxylic acids is 1. The zero-order valence-corrected chi connectivity index (χ0v) is 11.6. The van der Waals surface area contributed by atoms with Crippen LogP contribution in [0.4, 0.5) is 0 Å². The number of benzene rings is 1. The molecule has 1 aliphatic rings. The molecule has 1 atom stereocenters. The molecule has 2 rings (SSSR count). The summed E-state index contributed by atoms with van der Waals surface area (Å²) in [6.07, 6.45) is 1.41. The minimum absolute atomic E-state index is 0.268. The number of carbonyl (C=O) groups excluding carboxylic acids is 1. The molecule has 0 bridgehead atoms. The highest BCUT2D eigenvalue weighted by atomic mass is 16.5. The molecular formula is C14H14N2O5. The molecule has 21 heavy (non-hydrogen) atoms. The van der Waals surface area contributed by atoms with E-state index in [0.29, 0.717) is 17.9 Å². The number of methoxy groups -OCH3 is 2. The SMILES string of the molecule is COc1ccc(CC2=NC(=O)C(C(=O)O)C=N2)cc1OC. The fourth-order valence-electron chi connectivity index (χ4n) is 1.88. The van der Waals surface area contributed by atoms with E-state index in [1.807, 2.05) is 0 Å². The van der Waals surface area contributed by atoms with Crippen molar-refractivity contribution in [1.82, 2.24) is 0 Å². The fourth-order valence-corrected chi connectivity index (χ4v) is 1.88. The second-order valence-electron chi connectivity index (χ2n) is 4.33. The lowest BCUT2D eigenvalue weighted by Gasteiger charge is -2.11. The van der Waals surface area contributed by atoms with Crippen molar-refractivity contribution in [2.75, 3.05) is 14.2 Å². The number of carboxylic acid groups (broad SMARTS) is 1. The minimum Gasteiger partial charge on any atom is -0.493 e. The molecule has 1 amide bonds. The smallest absolute Gasteiger partial charge is 0.321 e. The van der Waals surface area contributed by atoms with Crippen molar-refractivity contribution < 1.29 is 24.2 Å². The average molecular weight is 290 g/mol. The Kier molecular flexibility index (Phi) is 4.32. The summed E-state index contributed by atoms with van der Waals surface area (Å²) >= 11 is 0. The van der Waals surface area contributed by atoms with Crippen molar-refractivity contribution in [3.63, 3.8) is 0 Å². The van der Waals surface area contributed by atoms with Gasteiger partial charge >= 0.3 is 5.97 Å². The van der Waals surface area contributed by atoms with Crippen LogP contribution in [0.1, 0.15) is 5.56 Å². The van der Waals surface area contributed by atoms with E-state index in [4.69, 9.17) is 14.6 Å². The third kappa shape index (κ3) is 3.25. The maximum Gasteiger partial charge on any atom is 0.321 e. The van der Waals surface area contributed by atoms with Crippen LogP contribution < -0.4 is 9.47 Å². The molecule has 0 fully saturated rings. The van der Waals surface area contributed by atoms with E-state index in [1.54, 1.807) is 18.2 Å². The quantitative estimate of drug-likeness (QED) is 0.814. The van der Waals surface area contributed by atoms with Gasteiger partial charge in [-0.25, -0.2) is 4.99 Å². The minimum atomic E-state index is -1.29. The lowest BCUT2D eigenvalue weighted by atomic mass is 10.1. The summed E-state index contributed by atoms with van der Waals surface area (Å²) < 4.78 is 10.3. The lowest BCUT2D eigenvalue weighted by Crippen LogP contribution is -2.28. The van der Waals surface area contributed by atoms with Gasteiger partial charge in [0.05, 0.1) is 14.2 Å². The van der Waals surface area contributed by atoms with Crippen LogP contribution in [-0.4, -0.2) is 43.3 Å². The Hall–Kier alpha value is -2.70. The van der Waals surface area contributed by atoms with Crippen molar-refractivity contribution >= 4 is 23.9 Å². The summed E-state index contributed by atoms with van der Waals surface area (Å²) in [5.41, 5.74) is 0.824. The van der Waals surface area contributed by atoms with Crippen LogP contribution in [0.2, 0.25) is 0 Å². The average Bonchev–Trinajstić information content (AvgIpc) is 2.46. The molecule has 1 aromatic rings. The zero-order valence-electron chi connectivity index (χ0n) is 11.6. The molecule has 0 saturated carbocycles. The standard InChI is InChI=1S/C14H14N2O5/c1-20-10-4-3-8(5-11(10)21-2)6-12-15-7-9(14(18)19)13(17)16-12/h3-5,7,9H,6H2,1-2H3,(H,18,19). The number of nitrogens with zero attached hydrogens (tertiary/aromatic N) is 2. The molecule has 0 saturated heterocycles. The van der Waals surface area contributed by atoms with E-state index in [-0.39, 0.29) is 5.84 Å². The van der Waals surface area contributed by atoms with E-state index in [1.165, 1.54) is 14.2 Å². The van der Waals surface area contributed by atoms with Gasteiger partial charge in [0.25, 0.3) is 5.91 Å². The molecule has 7 heteroatoms. The predicted octanol–water partition coefficient (Wildman–Crippen LogP) is 0.957. The first kappa shape index (κ1) is 14.7. The van der Waals surface area contributed by atoms with Crippen molar-refractivity contribution in [3.05, 3.63) is 23.8 Å². The molecule has 0 radical (unpaired) electrons. The molecule has 1 heterocycles. The summed E-state index contributed by atoms with van der Waals surface area (Å²) in [4.78, 5) is 30.0. The first-order valence-electron chi connectivity index (χ1n) is 6.14. The summed E-state index contributed by atoms with van der Waals surface area (Å²) in [6.45, 7) is 0. The molecule has 1 aromatic carbocycles. The molecule has 7 nitrogen and oxygen atoms in total. The number of aliphatic carboxylic acids is 1. The first-order valence-corrected chi connectivity index (χ1v) is 6.14. The second kappa shape index (κ2) is 6.17. The molecular weight excluding hydrogens is 276 g/mol. The molecule has 1 unspecified atom stereocenters. The molecule has 110 valence electrons. The molecule has 1 N–H and O–H groups in total. The number of hydrogen-bond acceptors (Lipinski definition) is 5. The molecule has 1 aliphatic heterocycles. The Bertz CT molecular complexity index is 636. The molecule has 0 spiro atoms. The van der Waals surface area contributed by atoms with Gasteiger partial charge < -0.3 is 14.6 Å². The van der Waals surface area contributed by atoms with Crippen LogP contribution in [0.3, 0.4) is 0 Å². The maximum absolute atomic E-state index is 11.6. The predicted molar refractivity (Wildman–Crippen MR) is 75.3 cm³/mol. The van der Waals surface area contributed by atoms with Gasteiger partial charge in [0.1, 0.15) is 5.84 Å². The van der Waals surface area contributed by atoms with E-state index in [2.05, 4.69) is 9.98 Å². The van der Waals surface area contributed by atoms with Crippen LogP contribution >= 0.6 is 0 Å². The van der Waals surface area contributed by atoms with E-state index in [9.17, 15) is 9.59 Å². The van der Waals surface area contributed by atoms with Crippen molar-refractivity contribution in [3.8, 4) is 11.5 Å². The van der Waals surface area contributed by atoms with Gasteiger partial charge in [-0.3, -0.25) is 9.59 Å². The number of amidine groups is 1. The topological polar surface area (TPSA) is 97.5 Å². The van der Waals surface area contributed by atoms with Crippen LogP contribution in [0.5, 0.6) is 11.5 Å². The normalized spacial score (nSPS) is 17.3. The number of amides is 1. The van der Waals surface area contributed by atoms with E-state index in [0.717, 1.165) is 11.8 Å². The second-order valence-corrected chi connectivity index (χ2v) is 4.33. The summed E-state index contributed by atoms with van der Waals surface area (Å²) in [6, 6.07) is 5.29. The van der Waals surface area contributed by atoms with Crippen molar-refractivity contribution in [1.29, 1.82) is 0 Å².